The highest BCUT2D eigenvalue weighted by Crippen LogP contribution is 2.18. The number of aryl methyl sites for hydroxylation is 1. The lowest BCUT2D eigenvalue weighted by Gasteiger charge is -2.30. The van der Waals surface area contributed by atoms with Crippen LogP contribution in [0.2, 0.25) is 0 Å². The summed E-state index contributed by atoms with van der Waals surface area (Å²) in [5, 5.41) is 7.16. The Morgan fingerprint density at radius 2 is 2.09 bits per heavy atom. The Kier molecular flexibility index (Phi) is 5.64. The second-order valence-corrected chi connectivity index (χ2v) is 8.11. The molecule has 130 valence electrons. The van der Waals surface area contributed by atoms with E-state index in [0.717, 1.165) is 18.5 Å². The molecule has 23 heavy (non-hydrogen) atoms. The van der Waals surface area contributed by atoms with Gasteiger partial charge in [0.1, 0.15) is 0 Å². The summed E-state index contributed by atoms with van der Waals surface area (Å²) in [7, 11) is 0.474. The number of urea groups is 1. The first kappa shape index (κ1) is 17.7. The molecule has 0 saturated carbocycles. The van der Waals surface area contributed by atoms with Crippen LogP contribution in [0.4, 0.5) is 4.79 Å². The molecular formula is C14H25N5O3S. The lowest BCUT2D eigenvalue weighted by molar-refractivity contribution is 0.199. The Morgan fingerprint density at radius 1 is 1.43 bits per heavy atom. The van der Waals surface area contributed by atoms with Crippen molar-refractivity contribution in [3.8, 4) is 0 Å². The molecule has 2 rings (SSSR count). The third-order valence-corrected chi connectivity index (χ3v) is 5.40. The molecule has 0 aromatic carbocycles. The highest BCUT2D eigenvalue weighted by atomic mass is 32.2. The molecule has 1 aromatic rings. The Morgan fingerprint density at radius 3 is 2.61 bits per heavy atom. The van der Waals surface area contributed by atoms with Gasteiger partial charge in [-0.25, -0.2) is 17.5 Å². The fourth-order valence-electron chi connectivity index (χ4n) is 2.67. The molecule has 8 nitrogen and oxygen atoms in total. The van der Waals surface area contributed by atoms with E-state index in [1.165, 1.54) is 10.6 Å². The summed E-state index contributed by atoms with van der Waals surface area (Å²) in [4.78, 5) is 13.7. The number of rotatable bonds is 5. The molecule has 0 bridgehead atoms. The van der Waals surface area contributed by atoms with Crippen molar-refractivity contribution in [3.63, 3.8) is 0 Å². The standard InChI is InChI=1S/C14H25N5O3S/c1-17(11-13-6-7-18(2)16-13)14(20)15-10-12-4-8-19(9-5-12)23(3,21)22/h6-7,12H,4-5,8-11H2,1-3H3,(H,15,20). The first-order valence-electron chi connectivity index (χ1n) is 7.68. The van der Waals surface area contributed by atoms with E-state index in [2.05, 4.69) is 10.4 Å². The lowest BCUT2D eigenvalue weighted by atomic mass is 9.98. The van der Waals surface area contributed by atoms with Crippen LogP contribution in [0.1, 0.15) is 18.5 Å². The zero-order valence-corrected chi connectivity index (χ0v) is 14.7. The second-order valence-electron chi connectivity index (χ2n) is 6.13. The van der Waals surface area contributed by atoms with Crippen molar-refractivity contribution in [1.82, 2.24) is 24.3 Å². The van der Waals surface area contributed by atoms with E-state index >= 15 is 0 Å². The number of hydrogen-bond donors (Lipinski definition) is 1. The first-order valence-corrected chi connectivity index (χ1v) is 9.53. The molecule has 0 unspecified atom stereocenters. The van der Waals surface area contributed by atoms with E-state index in [4.69, 9.17) is 0 Å². The summed E-state index contributed by atoms with van der Waals surface area (Å²) in [6.07, 6.45) is 4.63. The van der Waals surface area contributed by atoms with Crippen molar-refractivity contribution < 1.29 is 13.2 Å². The lowest BCUT2D eigenvalue weighted by Crippen LogP contribution is -2.43. The molecule has 0 aliphatic carbocycles. The Labute approximate surface area is 137 Å². The van der Waals surface area contributed by atoms with Crippen molar-refractivity contribution >= 4 is 16.1 Å². The molecule has 1 aromatic heterocycles. The van der Waals surface area contributed by atoms with E-state index < -0.39 is 10.0 Å². The van der Waals surface area contributed by atoms with Gasteiger partial charge in [0.25, 0.3) is 0 Å². The van der Waals surface area contributed by atoms with Crippen molar-refractivity contribution in [2.75, 3.05) is 32.9 Å². The molecule has 9 heteroatoms. The van der Waals surface area contributed by atoms with E-state index in [1.807, 2.05) is 19.3 Å². The van der Waals surface area contributed by atoms with E-state index in [0.29, 0.717) is 32.1 Å². The van der Waals surface area contributed by atoms with Crippen LogP contribution in [-0.4, -0.2) is 66.4 Å². The second kappa shape index (κ2) is 7.31. The Bertz CT molecular complexity index is 635. The minimum absolute atomic E-state index is 0.138. The van der Waals surface area contributed by atoms with Gasteiger partial charge < -0.3 is 10.2 Å². The number of amides is 2. The van der Waals surface area contributed by atoms with Gasteiger partial charge in [-0.1, -0.05) is 0 Å². The SMILES string of the molecule is CN(Cc1ccn(C)n1)C(=O)NCC1CCN(S(C)(=O)=O)CC1. The Balaban J connectivity index is 1.72. The third-order valence-electron chi connectivity index (χ3n) is 4.10. The molecule has 2 amide bonds. The summed E-state index contributed by atoms with van der Waals surface area (Å²) in [5.41, 5.74) is 0.839. The summed E-state index contributed by atoms with van der Waals surface area (Å²) in [6.45, 7) is 2.09. The molecule has 0 radical (unpaired) electrons. The number of piperidine rings is 1. The number of carbonyl (C=O) groups is 1. The maximum atomic E-state index is 12.1. The number of sulfonamides is 1. The van der Waals surface area contributed by atoms with Gasteiger partial charge in [0.15, 0.2) is 0 Å². The fourth-order valence-corrected chi connectivity index (χ4v) is 3.55. The minimum atomic E-state index is -3.10. The number of nitrogens with one attached hydrogen (secondary N) is 1. The van der Waals surface area contributed by atoms with Gasteiger partial charge in [-0.3, -0.25) is 4.68 Å². The van der Waals surface area contributed by atoms with Gasteiger partial charge in [0, 0.05) is 39.9 Å². The van der Waals surface area contributed by atoms with Gasteiger partial charge in [0.2, 0.25) is 10.0 Å². The number of hydrogen-bond acceptors (Lipinski definition) is 4. The van der Waals surface area contributed by atoms with E-state index in [9.17, 15) is 13.2 Å². The number of carbonyl (C=O) groups excluding carboxylic acids is 1. The van der Waals surface area contributed by atoms with Crippen molar-refractivity contribution in [2.24, 2.45) is 13.0 Å². The van der Waals surface area contributed by atoms with Crippen LogP contribution in [0.3, 0.4) is 0 Å². The zero-order chi connectivity index (χ0) is 17.0. The maximum Gasteiger partial charge on any atom is 0.317 e. The molecule has 0 spiro atoms. The average Bonchev–Trinajstić information content (AvgIpc) is 2.89. The van der Waals surface area contributed by atoms with Crippen LogP contribution in [0, 0.1) is 5.92 Å². The molecule has 1 aliphatic heterocycles. The molecular weight excluding hydrogens is 318 g/mol. The zero-order valence-electron chi connectivity index (χ0n) is 13.9. The first-order chi connectivity index (χ1) is 10.8. The van der Waals surface area contributed by atoms with Gasteiger partial charge >= 0.3 is 6.03 Å². The van der Waals surface area contributed by atoms with Crippen molar-refractivity contribution in [3.05, 3.63) is 18.0 Å². The van der Waals surface area contributed by atoms with Gasteiger partial charge in [-0.2, -0.15) is 5.10 Å². The quantitative estimate of drug-likeness (QED) is 0.829. The van der Waals surface area contributed by atoms with Gasteiger partial charge in [0.05, 0.1) is 18.5 Å². The number of aromatic nitrogens is 2. The molecule has 1 fully saturated rings. The number of nitrogens with zero attached hydrogens (tertiary/aromatic N) is 4. The smallest absolute Gasteiger partial charge is 0.317 e. The van der Waals surface area contributed by atoms with Crippen molar-refractivity contribution in [1.29, 1.82) is 0 Å². The predicted octanol–water partition coefficient (Wildman–Crippen LogP) is 0.233. The van der Waals surface area contributed by atoms with Crippen LogP contribution in [0.15, 0.2) is 12.3 Å². The topological polar surface area (TPSA) is 87.5 Å². The maximum absolute atomic E-state index is 12.1. The van der Waals surface area contributed by atoms with E-state index in [1.54, 1.807) is 16.6 Å². The highest BCUT2D eigenvalue weighted by molar-refractivity contribution is 7.88. The monoisotopic (exact) mass is 343 g/mol. The van der Waals surface area contributed by atoms with Crippen molar-refractivity contribution in [2.45, 2.75) is 19.4 Å². The third kappa shape index (κ3) is 5.21. The minimum Gasteiger partial charge on any atom is -0.338 e. The van der Waals surface area contributed by atoms with Crippen LogP contribution in [0.25, 0.3) is 0 Å². The molecule has 0 atom stereocenters. The Hall–Kier alpha value is -1.61. The van der Waals surface area contributed by atoms with Gasteiger partial charge in [-0.05, 0) is 24.8 Å². The molecule has 1 N–H and O–H groups in total. The van der Waals surface area contributed by atoms with Crippen LogP contribution in [-0.2, 0) is 23.6 Å². The highest BCUT2D eigenvalue weighted by Gasteiger charge is 2.25. The van der Waals surface area contributed by atoms with Crippen LogP contribution >= 0.6 is 0 Å². The molecule has 1 aliphatic rings. The largest absolute Gasteiger partial charge is 0.338 e. The molecule has 2 heterocycles. The average molecular weight is 343 g/mol. The summed E-state index contributed by atoms with van der Waals surface area (Å²) < 4.78 is 26.1. The predicted molar refractivity (Wildman–Crippen MR) is 87.2 cm³/mol. The van der Waals surface area contributed by atoms with Crippen LogP contribution < -0.4 is 5.32 Å². The summed E-state index contributed by atoms with van der Waals surface area (Å²) in [6, 6.07) is 1.74. The summed E-state index contributed by atoms with van der Waals surface area (Å²) in [5.74, 6) is 0.320. The van der Waals surface area contributed by atoms with E-state index in [-0.39, 0.29) is 6.03 Å². The normalized spacial score (nSPS) is 17.2. The van der Waals surface area contributed by atoms with Crippen LogP contribution in [0.5, 0.6) is 0 Å². The summed E-state index contributed by atoms with van der Waals surface area (Å²) >= 11 is 0. The fraction of sp³-hybridized carbons (Fsp3) is 0.714. The van der Waals surface area contributed by atoms with Gasteiger partial charge in [-0.15, -0.1) is 0 Å². The molecule has 1 saturated heterocycles.